The molecule has 5 nitrogen and oxygen atoms in total. The SMILES string of the molecule is COc1cc(C2CC(OC)Oc3c2ccc2c3ccn2C)cc(Br)c1OC. The summed E-state index contributed by atoms with van der Waals surface area (Å²) in [5.74, 6) is 2.40. The number of hydrogen-bond acceptors (Lipinski definition) is 4. The number of ether oxygens (including phenoxy) is 4. The summed E-state index contributed by atoms with van der Waals surface area (Å²) in [4.78, 5) is 0. The van der Waals surface area contributed by atoms with E-state index in [2.05, 4.69) is 44.8 Å². The number of hydrogen-bond donors (Lipinski definition) is 0. The van der Waals surface area contributed by atoms with Crippen LogP contribution in [0.3, 0.4) is 0 Å². The summed E-state index contributed by atoms with van der Waals surface area (Å²) >= 11 is 3.61. The van der Waals surface area contributed by atoms with Gasteiger partial charge in [-0.1, -0.05) is 6.07 Å². The Labute approximate surface area is 166 Å². The monoisotopic (exact) mass is 431 g/mol. The third kappa shape index (κ3) is 2.97. The molecule has 0 saturated heterocycles. The summed E-state index contributed by atoms with van der Waals surface area (Å²) in [5, 5.41) is 1.10. The summed E-state index contributed by atoms with van der Waals surface area (Å²) in [6, 6.07) is 10.5. The average Bonchev–Trinajstić information content (AvgIpc) is 3.07. The Balaban J connectivity index is 1.89. The van der Waals surface area contributed by atoms with Gasteiger partial charge >= 0.3 is 0 Å². The zero-order valence-corrected chi connectivity index (χ0v) is 17.4. The highest BCUT2D eigenvalue weighted by Crippen LogP contribution is 2.47. The van der Waals surface area contributed by atoms with Crippen LogP contribution in [0.5, 0.6) is 17.2 Å². The standard InChI is InChI=1S/C21H22BrNO4/c1-23-8-7-14-17(23)6-5-13-15(11-19(25-3)27-20(13)14)12-9-16(22)21(26-4)18(10-12)24-2/h5-10,15,19H,11H2,1-4H3. The van der Waals surface area contributed by atoms with Crippen LogP contribution in [-0.4, -0.2) is 32.2 Å². The Bertz CT molecular complexity index is 998. The van der Waals surface area contributed by atoms with Crippen LogP contribution >= 0.6 is 15.9 Å². The second-order valence-electron chi connectivity index (χ2n) is 6.65. The number of benzene rings is 2. The van der Waals surface area contributed by atoms with Crippen molar-refractivity contribution in [3.05, 3.63) is 52.1 Å². The summed E-state index contributed by atoms with van der Waals surface area (Å²) in [5.41, 5.74) is 3.42. The molecule has 1 aromatic heterocycles. The maximum atomic E-state index is 6.19. The molecule has 0 spiro atoms. The molecule has 2 aromatic carbocycles. The Morgan fingerprint density at radius 3 is 2.63 bits per heavy atom. The molecule has 0 aliphatic carbocycles. The molecule has 6 heteroatoms. The van der Waals surface area contributed by atoms with Gasteiger partial charge in [0.05, 0.1) is 24.2 Å². The predicted molar refractivity (Wildman–Crippen MR) is 108 cm³/mol. The van der Waals surface area contributed by atoms with Crippen LogP contribution in [0, 0.1) is 0 Å². The molecule has 1 aliphatic rings. The fraction of sp³-hybridized carbons (Fsp3) is 0.333. The van der Waals surface area contributed by atoms with Gasteiger partial charge in [-0.25, -0.2) is 0 Å². The third-order valence-electron chi connectivity index (χ3n) is 5.22. The molecule has 2 heterocycles. The minimum absolute atomic E-state index is 0.124. The minimum atomic E-state index is -0.305. The molecule has 0 fully saturated rings. The van der Waals surface area contributed by atoms with Crippen LogP contribution in [0.15, 0.2) is 41.0 Å². The highest BCUT2D eigenvalue weighted by Gasteiger charge is 2.32. The van der Waals surface area contributed by atoms with Gasteiger partial charge in [-0.15, -0.1) is 0 Å². The molecule has 0 radical (unpaired) electrons. The van der Waals surface area contributed by atoms with Crippen molar-refractivity contribution < 1.29 is 18.9 Å². The quantitative estimate of drug-likeness (QED) is 0.592. The molecular weight excluding hydrogens is 410 g/mol. The van der Waals surface area contributed by atoms with Gasteiger partial charge in [-0.05, 0) is 45.8 Å². The molecular formula is C21H22BrNO4. The van der Waals surface area contributed by atoms with Crippen molar-refractivity contribution in [2.75, 3.05) is 21.3 Å². The van der Waals surface area contributed by atoms with E-state index in [0.717, 1.165) is 38.7 Å². The van der Waals surface area contributed by atoms with Gasteiger partial charge in [0.15, 0.2) is 11.5 Å². The maximum absolute atomic E-state index is 6.19. The number of halogens is 1. The number of methoxy groups -OCH3 is 3. The topological polar surface area (TPSA) is 41.9 Å². The molecule has 0 bridgehead atoms. The van der Waals surface area contributed by atoms with Gasteiger partial charge in [0.1, 0.15) is 5.75 Å². The molecule has 2 unspecified atom stereocenters. The van der Waals surface area contributed by atoms with E-state index in [9.17, 15) is 0 Å². The predicted octanol–water partition coefficient (Wildman–Crippen LogP) is 4.84. The van der Waals surface area contributed by atoms with E-state index >= 15 is 0 Å². The Morgan fingerprint density at radius 1 is 1.11 bits per heavy atom. The number of aromatic nitrogens is 1. The summed E-state index contributed by atoms with van der Waals surface area (Å²) < 4.78 is 25.7. The second-order valence-corrected chi connectivity index (χ2v) is 7.51. The van der Waals surface area contributed by atoms with Crippen LogP contribution in [0.2, 0.25) is 0 Å². The van der Waals surface area contributed by atoms with E-state index in [0.29, 0.717) is 11.5 Å². The summed E-state index contributed by atoms with van der Waals surface area (Å²) in [7, 11) is 7.01. The van der Waals surface area contributed by atoms with E-state index in [1.165, 1.54) is 0 Å². The van der Waals surface area contributed by atoms with Gasteiger partial charge in [-0.2, -0.15) is 0 Å². The van der Waals surface area contributed by atoms with E-state index in [1.54, 1.807) is 21.3 Å². The average molecular weight is 432 g/mol. The minimum Gasteiger partial charge on any atom is -0.493 e. The normalized spacial score (nSPS) is 18.9. The molecule has 142 valence electrons. The van der Waals surface area contributed by atoms with Gasteiger partial charge < -0.3 is 23.5 Å². The van der Waals surface area contributed by atoms with Crippen LogP contribution in [0.25, 0.3) is 10.9 Å². The zero-order valence-electron chi connectivity index (χ0n) is 15.8. The van der Waals surface area contributed by atoms with Crippen LogP contribution < -0.4 is 14.2 Å². The molecule has 27 heavy (non-hydrogen) atoms. The fourth-order valence-electron chi connectivity index (χ4n) is 3.85. The summed E-state index contributed by atoms with van der Waals surface area (Å²) in [6.07, 6.45) is 2.47. The largest absolute Gasteiger partial charge is 0.493 e. The molecule has 0 amide bonds. The molecule has 3 aromatic rings. The molecule has 1 aliphatic heterocycles. The lowest BCUT2D eigenvalue weighted by atomic mass is 9.85. The first-order valence-corrected chi connectivity index (χ1v) is 9.55. The van der Waals surface area contributed by atoms with Crippen molar-refractivity contribution in [3.8, 4) is 17.2 Å². The van der Waals surface area contributed by atoms with Gasteiger partial charge in [0.2, 0.25) is 6.29 Å². The van der Waals surface area contributed by atoms with E-state index in [1.807, 2.05) is 19.3 Å². The number of nitrogens with zero attached hydrogens (tertiary/aromatic N) is 1. The molecule has 2 atom stereocenters. The van der Waals surface area contributed by atoms with Gasteiger partial charge in [-0.3, -0.25) is 0 Å². The van der Waals surface area contributed by atoms with Crippen molar-refractivity contribution in [1.29, 1.82) is 0 Å². The lowest BCUT2D eigenvalue weighted by Crippen LogP contribution is -2.28. The fourth-order valence-corrected chi connectivity index (χ4v) is 4.47. The highest BCUT2D eigenvalue weighted by atomic mass is 79.9. The highest BCUT2D eigenvalue weighted by molar-refractivity contribution is 9.10. The van der Waals surface area contributed by atoms with Crippen molar-refractivity contribution >= 4 is 26.8 Å². The Kier molecular flexibility index (Phi) is 4.78. The zero-order chi connectivity index (χ0) is 19.1. The second kappa shape index (κ2) is 7.09. The van der Waals surface area contributed by atoms with Crippen molar-refractivity contribution in [1.82, 2.24) is 4.57 Å². The Hall–Kier alpha value is -2.18. The van der Waals surface area contributed by atoms with Crippen LogP contribution in [0.4, 0.5) is 0 Å². The van der Waals surface area contributed by atoms with E-state index in [-0.39, 0.29) is 12.2 Å². The maximum Gasteiger partial charge on any atom is 0.200 e. The first kappa shape index (κ1) is 18.2. The van der Waals surface area contributed by atoms with Crippen LogP contribution in [-0.2, 0) is 11.8 Å². The van der Waals surface area contributed by atoms with Gasteiger partial charge in [0, 0.05) is 43.6 Å². The van der Waals surface area contributed by atoms with Crippen molar-refractivity contribution in [3.63, 3.8) is 0 Å². The number of aryl methyl sites for hydroxylation is 1. The lowest BCUT2D eigenvalue weighted by Gasteiger charge is -2.32. The number of rotatable bonds is 4. The van der Waals surface area contributed by atoms with Crippen molar-refractivity contribution in [2.24, 2.45) is 7.05 Å². The van der Waals surface area contributed by atoms with Crippen LogP contribution in [0.1, 0.15) is 23.5 Å². The molecule has 0 saturated carbocycles. The van der Waals surface area contributed by atoms with E-state index < -0.39 is 0 Å². The number of fused-ring (bicyclic) bond motifs is 3. The molecule has 4 rings (SSSR count). The van der Waals surface area contributed by atoms with E-state index in [4.69, 9.17) is 18.9 Å². The first-order chi connectivity index (χ1) is 13.1. The van der Waals surface area contributed by atoms with Gasteiger partial charge in [0.25, 0.3) is 0 Å². The lowest BCUT2D eigenvalue weighted by molar-refractivity contribution is -0.0679. The molecule has 0 N–H and O–H groups in total. The summed E-state index contributed by atoms with van der Waals surface area (Å²) in [6.45, 7) is 0. The smallest absolute Gasteiger partial charge is 0.200 e. The Morgan fingerprint density at radius 2 is 1.93 bits per heavy atom. The van der Waals surface area contributed by atoms with Crippen molar-refractivity contribution in [2.45, 2.75) is 18.6 Å². The first-order valence-electron chi connectivity index (χ1n) is 8.76. The third-order valence-corrected chi connectivity index (χ3v) is 5.81.